The third kappa shape index (κ3) is 4.11. The second-order valence-electron chi connectivity index (χ2n) is 3.62. The van der Waals surface area contributed by atoms with Crippen LogP contribution in [-0.4, -0.2) is 13.5 Å². The van der Waals surface area contributed by atoms with Gasteiger partial charge in [0.1, 0.15) is 11.8 Å². The van der Waals surface area contributed by atoms with E-state index in [0.717, 1.165) is 5.56 Å². The van der Waals surface area contributed by atoms with Crippen LogP contribution < -0.4 is 10.1 Å². The van der Waals surface area contributed by atoms with Gasteiger partial charge in [0, 0.05) is 16.0 Å². The van der Waals surface area contributed by atoms with Crippen molar-refractivity contribution in [2.75, 3.05) is 13.5 Å². The van der Waals surface area contributed by atoms with E-state index in [1.54, 1.807) is 19.1 Å². The first-order chi connectivity index (χ1) is 14.4. The fourth-order valence-electron chi connectivity index (χ4n) is 1.31. The summed E-state index contributed by atoms with van der Waals surface area (Å²) in [6.45, 7) is -4.89. The summed E-state index contributed by atoms with van der Waals surface area (Å²) >= 11 is 0. The highest BCUT2D eigenvalue weighted by Gasteiger charge is 2.12. The topological polar surface area (TPSA) is 21.3 Å². The van der Waals surface area contributed by atoms with Gasteiger partial charge in [-0.2, -0.15) is 0 Å². The van der Waals surface area contributed by atoms with Crippen LogP contribution in [-0.2, 0) is 0 Å². The second-order valence-corrected chi connectivity index (χ2v) is 3.62. The van der Waals surface area contributed by atoms with Crippen molar-refractivity contribution < 1.29 is 22.6 Å². The summed E-state index contributed by atoms with van der Waals surface area (Å²) in [5.74, 6) is -0.161. The maximum Gasteiger partial charge on any atom is 0.125 e. The molecule has 0 saturated heterocycles. The number of aryl methyl sites for hydroxylation is 1. The van der Waals surface area contributed by atoms with Crippen molar-refractivity contribution in [2.45, 2.75) is 19.4 Å². The molecular weight excluding hydrogens is 234 g/mol. The Morgan fingerprint density at radius 2 is 2.05 bits per heavy atom. The molecule has 2 aromatic carbocycles. The first-order valence-electron chi connectivity index (χ1n) is 12.0. The molecule has 1 unspecified atom stereocenters. The van der Waals surface area contributed by atoms with Crippen molar-refractivity contribution in [2.24, 2.45) is 0 Å². The highest BCUT2D eigenvalue weighted by molar-refractivity contribution is 5.28. The third-order valence-electron chi connectivity index (χ3n) is 2.21. The van der Waals surface area contributed by atoms with Crippen LogP contribution in [0.25, 0.3) is 0 Å². The summed E-state index contributed by atoms with van der Waals surface area (Å²) in [6, 6.07) is 1.22. The van der Waals surface area contributed by atoms with Crippen molar-refractivity contribution in [3.8, 4) is 5.75 Å². The Kier molecular flexibility index (Phi) is 1.70. The standard InChI is InChI=1S/C17H21NO/c1-14-8-10-16(11-9-14)19-17(12-13-18-2)15-6-4-3-5-7-15/h3-11,17-18H,12-13H2,1-2H3/i2D3,3D,4D,5D,6D,7D,12D2,13D2,17D. The van der Waals surface area contributed by atoms with Crippen molar-refractivity contribution >= 4 is 0 Å². The quantitative estimate of drug-likeness (QED) is 0.862. The van der Waals surface area contributed by atoms with E-state index >= 15 is 0 Å². The molecule has 0 aromatic heterocycles. The Hall–Kier alpha value is -1.80. The summed E-state index contributed by atoms with van der Waals surface area (Å²) < 4.78 is 109. The number of ether oxygens (including phenoxy) is 1. The van der Waals surface area contributed by atoms with Crippen LogP contribution in [0.3, 0.4) is 0 Å². The van der Waals surface area contributed by atoms with Gasteiger partial charge in [-0.3, -0.25) is 0 Å². The fraction of sp³-hybridized carbons (Fsp3) is 0.294. The molecule has 2 nitrogen and oxygen atoms in total. The van der Waals surface area contributed by atoms with Crippen LogP contribution in [0.5, 0.6) is 5.75 Å². The van der Waals surface area contributed by atoms with Gasteiger partial charge in [-0.15, -0.1) is 0 Å². The molecule has 0 fully saturated rings. The average molecular weight is 268 g/mol. The highest BCUT2D eigenvalue weighted by atomic mass is 16.5. The zero-order valence-corrected chi connectivity index (χ0v) is 10.2. The van der Waals surface area contributed by atoms with Crippen molar-refractivity contribution in [1.82, 2.24) is 5.32 Å². The smallest absolute Gasteiger partial charge is 0.125 e. The molecule has 0 aliphatic rings. The molecule has 0 bridgehead atoms. The van der Waals surface area contributed by atoms with Crippen LogP contribution in [0.1, 0.15) is 41.4 Å². The molecular formula is C17H21NO. The van der Waals surface area contributed by atoms with E-state index in [2.05, 4.69) is 0 Å². The van der Waals surface area contributed by atoms with Crippen molar-refractivity contribution in [3.05, 3.63) is 65.6 Å². The van der Waals surface area contributed by atoms with Crippen LogP contribution in [0.4, 0.5) is 0 Å². The summed E-state index contributed by atoms with van der Waals surface area (Å²) in [4.78, 5) is 0. The Morgan fingerprint density at radius 3 is 2.74 bits per heavy atom. The fourth-order valence-corrected chi connectivity index (χ4v) is 1.31. The molecule has 1 N–H and O–H groups in total. The van der Waals surface area contributed by atoms with Crippen molar-refractivity contribution in [3.63, 3.8) is 0 Å². The normalized spacial score (nSPS) is 25.8. The zero-order chi connectivity index (χ0) is 24.9. The van der Waals surface area contributed by atoms with Gasteiger partial charge < -0.3 is 10.1 Å². The maximum absolute atomic E-state index is 8.84. The predicted molar refractivity (Wildman–Crippen MR) is 79.5 cm³/mol. The van der Waals surface area contributed by atoms with E-state index in [-0.39, 0.29) is 5.75 Å². The summed E-state index contributed by atoms with van der Waals surface area (Å²) in [5.41, 5.74) is -0.205. The van der Waals surface area contributed by atoms with Gasteiger partial charge in [0.25, 0.3) is 0 Å². The van der Waals surface area contributed by atoms with Gasteiger partial charge in [-0.1, -0.05) is 47.9 Å². The molecule has 0 aliphatic carbocycles. The average Bonchev–Trinajstić information content (AvgIpc) is 2.64. The van der Waals surface area contributed by atoms with E-state index < -0.39 is 61.7 Å². The number of hydrogen-bond acceptors (Lipinski definition) is 2. The molecule has 2 aromatic rings. The Balaban J connectivity index is 2.87. The van der Waals surface area contributed by atoms with Crippen LogP contribution >= 0.6 is 0 Å². The maximum atomic E-state index is 8.84. The lowest BCUT2D eigenvalue weighted by atomic mass is 10.1. The summed E-state index contributed by atoms with van der Waals surface area (Å²) in [6.07, 6.45) is -6.90. The molecule has 0 radical (unpaired) electrons. The number of nitrogens with one attached hydrogen (secondary N) is 1. The lowest BCUT2D eigenvalue weighted by Crippen LogP contribution is -2.16. The molecule has 100 valence electrons. The summed E-state index contributed by atoms with van der Waals surface area (Å²) in [5, 5.41) is 1.49. The SMILES string of the molecule is [2H]c1c([2H])c([2H])c(C([2H])(Oc2ccc(C)cc2)C([2H])([2H])C([2H])([2H])NC([2H])([2H])[2H])c([2H])c1[2H]. The number of hydrogen-bond donors (Lipinski definition) is 1. The van der Waals surface area contributed by atoms with Gasteiger partial charge in [0.2, 0.25) is 0 Å². The van der Waals surface area contributed by atoms with Crippen LogP contribution in [0, 0.1) is 6.92 Å². The monoisotopic (exact) mass is 268 g/mol. The van der Waals surface area contributed by atoms with Crippen LogP contribution in [0.2, 0.25) is 0 Å². The van der Waals surface area contributed by atoms with Gasteiger partial charge in [-0.05, 0) is 38.1 Å². The third-order valence-corrected chi connectivity index (χ3v) is 2.21. The predicted octanol–water partition coefficient (Wildman–Crippen LogP) is 3.72. The number of benzene rings is 2. The van der Waals surface area contributed by atoms with E-state index in [9.17, 15) is 0 Å². The van der Waals surface area contributed by atoms with Crippen molar-refractivity contribution in [1.29, 1.82) is 0 Å². The minimum Gasteiger partial charge on any atom is -0.486 e. The van der Waals surface area contributed by atoms with Gasteiger partial charge in [0.05, 0.1) is 8.22 Å². The number of rotatable bonds is 6. The summed E-state index contributed by atoms with van der Waals surface area (Å²) in [7, 11) is 0. The Bertz CT molecular complexity index is 974. The first kappa shape index (κ1) is 4.64. The Labute approximate surface area is 133 Å². The minimum absolute atomic E-state index is 0.161. The molecule has 0 aliphatic heterocycles. The van der Waals surface area contributed by atoms with Gasteiger partial charge in [-0.25, -0.2) is 0 Å². The van der Waals surface area contributed by atoms with Gasteiger partial charge in [0.15, 0.2) is 0 Å². The Morgan fingerprint density at radius 1 is 1.32 bits per heavy atom. The van der Waals surface area contributed by atoms with E-state index in [0.29, 0.717) is 0 Å². The molecule has 0 spiro atoms. The molecule has 2 rings (SSSR count). The molecule has 19 heavy (non-hydrogen) atoms. The van der Waals surface area contributed by atoms with Crippen LogP contribution in [0.15, 0.2) is 54.5 Å². The minimum atomic E-state index is -3.59. The lowest BCUT2D eigenvalue weighted by molar-refractivity contribution is 0.195. The second kappa shape index (κ2) is 6.95. The molecule has 0 heterocycles. The first-order valence-corrected chi connectivity index (χ1v) is 5.48. The molecule has 0 amide bonds. The molecule has 2 heteroatoms. The largest absolute Gasteiger partial charge is 0.486 e. The lowest BCUT2D eigenvalue weighted by Gasteiger charge is -2.19. The van der Waals surface area contributed by atoms with E-state index in [1.807, 2.05) is 0 Å². The zero-order valence-electron chi connectivity index (χ0n) is 23.2. The van der Waals surface area contributed by atoms with E-state index in [1.165, 1.54) is 17.4 Å². The molecule has 0 saturated carbocycles. The van der Waals surface area contributed by atoms with Gasteiger partial charge >= 0.3 is 0 Å². The van der Waals surface area contributed by atoms with E-state index in [4.69, 9.17) is 22.6 Å². The molecule has 1 atom stereocenters. The highest BCUT2D eigenvalue weighted by Crippen LogP contribution is 2.24.